The predicted molar refractivity (Wildman–Crippen MR) is 95.6 cm³/mol. The average Bonchev–Trinajstić information content (AvgIpc) is 2.53. The number of methoxy groups -OCH3 is 1. The Kier molecular flexibility index (Phi) is 5.74. The van der Waals surface area contributed by atoms with E-state index in [4.69, 9.17) is 9.16 Å². The molecule has 1 atom stereocenters. The van der Waals surface area contributed by atoms with Crippen LogP contribution in [-0.4, -0.2) is 21.2 Å². The molecule has 0 saturated carbocycles. The molecule has 122 valence electrons. The number of Topliss-reactive ketones (excluding diaryl/α,β-unsaturated/α-hetero) is 1. The van der Waals surface area contributed by atoms with Gasteiger partial charge in [-0.25, -0.2) is 0 Å². The minimum Gasteiger partial charge on any atom is -0.496 e. The van der Waals surface area contributed by atoms with Gasteiger partial charge in [0.2, 0.25) is 0 Å². The topological polar surface area (TPSA) is 35.5 Å². The second-order valence-corrected chi connectivity index (χ2v) is 10.9. The number of rotatable bonds is 7. The summed E-state index contributed by atoms with van der Waals surface area (Å²) in [5, 5.41) is 0. The maximum absolute atomic E-state index is 12.6. The minimum absolute atomic E-state index is 0.0831. The van der Waals surface area contributed by atoms with Crippen LogP contribution < -0.4 is 4.74 Å². The SMILES string of the molecule is COc1ccccc1C(CC(=O)c1ccccc1)O[Si](C)(C)C. The van der Waals surface area contributed by atoms with Crippen LogP contribution in [0.4, 0.5) is 0 Å². The lowest BCUT2D eigenvalue weighted by Gasteiger charge is -2.27. The van der Waals surface area contributed by atoms with E-state index >= 15 is 0 Å². The van der Waals surface area contributed by atoms with Crippen molar-refractivity contribution >= 4 is 14.1 Å². The molecule has 0 aliphatic carbocycles. The molecular weight excluding hydrogens is 304 g/mol. The molecule has 2 aromatic carbocycles. The summed E-state index contributed by atoms with van der Waals surface area (Å²) in [5.41, 5.74) is 1.65. The molecule has 0 N–H and O–H groups in total. The first-order chi connectivity index (χ1) is 10.9. The van der Waals surface area contributed by atoms with E-state index < -0.39 is 8.32 Å². The number of ketones is 1. The molecule has 0 heterocycles. The smallest absolute Gasteiger partial charge is 0.184 e. The zero-order valence-electron chi connectivity index (χ0n) is 14.2. The number of carbonyl (C=O) groups is 1. The van der Waals surface area contributed by atoms with Crippen molar-refractivity contribution in [1.82, 2.24) is 0 Å². The van der Waals surface area contributed by atoms with E-state index in [-0.39, 0.29) is 11.9 Å². The molecule has 23 heavy (non-hydrogen) atoms. The van der Waals surface area contributed by atoms with Gasteiger partial charge in [0.05, 0.1) is 13.2 Å². The van der Waals surface area contributed by atoms with Crippen LogP contribution in [-0.2, 0) is 4.43 Å². The summed E-state index contributed by atoms with van der Waals surface area (Å²) in [4.78, 5) is 12.6. The van der Waals surface area contributed by atoms with Crippen LogP contribution in [0, 0.1) is 0 Å². The Bertz CT molecular complexity index is 647. The summed E-state index contributed by atoms with van der Waals surface area (Å²) in [6.07, 6.45) is 0.0276. The predicted octanol–water partition coefficient (Wildman–Crippen LogP) is 4.86. The van der Waals surface area contributed by atoms with Crippen molar-refractivity contribution in [3.05, 3.63) is 65.7 Å². The number of hydrogen-bond donors (Lipinski definition) is 0. The number of carbonyl (C=O) groups excluding carboxylic acids is 1. The first-order valence-corrected chi connectivity index (χ1v) is 11.2. The quantitative estimate of drug-likeness (QED) is 0.538. The van der Waals surface area contributed by atoms with Crippen molar-refractivity contribution in [2.24, 2.45) is 0 Å². The Balaban J connectivity index is 2.29. The molecule has 0 bridgehead atoms. The maximum atomic E-state index is 12.6. The maximum Gasteiger partial charge on any atom is 0.184 e. The highest BCUT2D eigenvalue weighted by Crippen LogP contribution is 2.33. The molecule has 4 heteroatoms. The highest BCUT2D eigenvalue weighted by atomic mass is 28.4. The number of para-hydroxylation sites is 1. The van der Waals surface area contributed by atoms with Gasteiger partial charge in [-0.2, -0.15) is 0 Å². The summed E-state index contributed by atoms with van der Waals surface area (Å²) in [5.74, 6) is 0.844. The molecule has 0 aliphatic heterocycles. The van der Waals surface area contributed by atoms with E-state index in [1.54, 1.807) is 7.11 Å². The Labute approximate surface area is 139 Å². The standard InChI is InChI=1S/C19H24O3Si/c1-21-18-13-9-8-12-16(18)19(22-23(2,3)4)14-17(20)15-10-6-5-7-11-15/h5-13,19H,14H2,1-4H3. The van der Waals surface area contributed by atoms with Gasteiger partial charge in [-0.3, -0.25) is 4.79 Å². The van der Waals surface area contributed by atoms with Crippen molar-refractivity contribution in [3.8, 4) is 5.75 Å². The molecule has 0 aliphatic rings. The van der Waals surface area contributed by atoms with Crippen molar-refractivity contribution < 1.29 is 14.0 Å². The fraction of sp³-hybridized carbons (Fsp3) is 0.316. The Morgan fingerprint density at radius 1 is 1.00 bits per heavy atom. The first kappa shape index (κ1) is 17.4. The van der Waals surface area contributed by atoms with E-state index in [0.29, 0.717) is 12.0 Å². The number of benzene rings is 2. The largest absolute Gasteiger partial charge is 0.496 e. The lowest BCUT2D eigenvalue weighted by molar-refractivity contribution is 0.0898. The number of hydrogen-bond acceptors (Lipinski definition) is 3. The molecule has 0 aromatic heterocycles. The Hall–Kier alpha value is -1.91. The van der Waals surface area contributed by atoms with E-state index in [9.17, 15) is 4.79 Å². The molecule has 0 radical (unpaired) electrons. The van der Waals surface area contributed by atoms with Crippen LogP contribution in [0.15, 0.2) is 54.6 Å². The highest BCUT2D eigenvalue weighted by Gasteiger charge is 2.27. The third kappa shape index (κ3) is 5.05. The van der Waals surface area contributed by atoms with Crippen molar-refractivity contribution in [1.29, 1.82) is 0 Å². The van der Waals surface area contributed by atoms with Gasteiger partial charge in [0.15, 0.2) is 14.1 Å². The van der Waals surface area contributed by atoms with Gasteiger partial charge in [0.25, 0.3) is 0 Å². The van der Waals surface area contributed by atoms with Gasteiger partial charge in [0.1, 0.15) is 5.75 Å². The summed E-state index contributed by atoms with van der Waals surface area (Å²) >= 11 is 0. The summed E-state index contributed by atoms with van der Waals surface area (Å²) in [6, 6.07) is 17.1. The zero-order valence-corrected chi connectivity index (χ0v) is 15.2. The monoisotopic (exact) mass is 328 g/mol. The molecule has 0 saturated heterocycles. The molecule has 2 rings (SSSR count). The van der Waals surface area contributed by atoms with E-state index in [1.807, 2.05) is 54.6 Å². The third-order valence-electron chi connectivity index (χ3n) is 3.45. The van der Waals surface area contributed by atoms with Gasteiger partial charge in [-0.05, 0) is 25.7 Å². The second kappa shape index (κ2) is 7.57. The van der Waals surface area contributed by atoms with E-state index in [1.165, 1.54) is 0 Å². The van der Waals surface area contributed by atoms with Gasteiger partial charge in [-0.15, -0.1) is 0 Å². The minimum atomic E-state index is -1.81. The molecule has 3 nitrogen and oxygen atoms in total. The number of ether oxygens (including phenoxy) is 1. The summed E-state index contributed by atoms with van der Waals surface area (Å²) in [7, 11) is -0.172. The lowest BCUT2D eigenvalue weighted by atomic mass is 9.99. The van der Waals surface area contributed by atoms with E-state index in [2.05, 4.69) is 19.6 Å². The van der Waals surface area contributed by atoms with Crippen LogP contribution in [0.25, 0.3) is 0 Å². The van der Waals surface area contributed by atoms with Gasteiger partial charge in [-0.1, -0.05) is 48.5 Å². The molecule has 0 amide bonds. The van der Waals surface area contributed by atoms with Crippen LogP contribution in [0.3, 0.4) is 0 Å². The second-order valence-electron chi connectivity index (χ2n) is 6.45. The van der Waals surface area contributed by atoms with Gasteiger partial charge < -0.3 is 9.16 Å². The first-order valence-electron chi connectivity index (χ1n) is 7.79. The van der Waals surface area contributed by atoms with Crippen LogP contribution in [0.5, 0.6) is 5.75 Å². The third-order valence-corrected chi connectivity index (χ3v) is 4.44. The van der Waals surface area contributed by atoms with Crippen molar-refractivity contribution in [3.63, 3.8) is 0 Å². The Morgan fingerprint density at radius 2 is 1.61 bits per heavy atom. The van der Waals surface area contributed by atoms with Gasteiger partial charge in [0, 0.05) is 17.5 Å². The van der Waals surface area contributed by atoms with Gasteiger partial charge >= 0.3 is 0 Å². The average molecular weight is 328 g/mol. The zero-order chi connectivity index (χ0) is 16.9. The fourth-order valence-corrected chi connectivity index (χ4v) is 3.55. The molecule has 0 fully saturated rings. The molecular formula is C19H24O3Si. The van der Waals surface area contributed by atoms with Crippen LogP contribution in [0.2, 0.25) is 19.6 Å². The lowest BCUT2D eigenvalue weighted by Crippen LogP contribution is -2.29. The molecule has 0 spiro atoms. The Morgan fingerprint density at radius 3 is 2.22 bits per heavy atom. The normalized spacial score (nSPS) is 12.7. The van der Waals surface area contributed by atoms with Crippen molar-refractivity contribution in [2.45, 2.75) is 32.2 Å². The molecule has 2 aromatic rings. The highest BCUT2D eigenvalue weighted by molar-refractivity contribution is 6.69. The summed E-state index contributed by atoms with van der Waals surface area (Å²) < 4.78 is 11.7. The molecule has 1 unspecified atom stereocenters. The van der Waals surface area contributed by atoms with Crippen molar-refractivity contribution in [2.75, 3.05) is 7.11 Å². The fourth-order valence-electron chi connectivity index (χ4n) is 2.48. The van der Waals surface area contributed by atoms with Crippen LogP contribution in [0.1, 0.15) is 28.4 Å². The van der Waals surface area contributed by atoms with Crippen LogP contribution >= 0.6 is 0 Å². The van der Waals surface area contributed by atoms with E-state index in [0.717, 1.165) is 11.3 Å². The summed E-state index contributed by atoms with van der Waals surface area (Å²) in [6.45, 7) is 6.38.